The Bertz CT molecular complexity index is 872. The number of carbonyl (C=O) groups excluding carboxylic acids is 1. The van der Waals surface area contributed by atoms with Crippen molar-refractivity contribution in [1.29, 1.82) is 0 Å². The summed E-state index contributed by atoms with van der Waals surface area (Å²) in [5, 5.41) is 2.74. The van der Waals surface area contributed by atoms with Crippen LogP contribution in [0.15, 0.2) is 9.95 Å². The number of hydrogen-bond donors (Lipinski definition) is 1. The molecule has 1 amide bonds. The quantitative estimate of drug-likeness (QED) is 0.588. The van der Waals surface area contributed by atoms with Crippen molar-refractivity contribution in [2.45, 2.75) is 45.6 Å². The van der Waals surface area contributed by atoms with Crippen molar-refractivity contribution in [3.63, 3.8) is 0 Å². The molecule has 0 saturated carbocycles. The molecular formula is C16H20F3N3O2S2. The SMILES string of the molecule is Cc1sc2nc(SCC(=O)NCC(F)(F)F)n(CC(C)C)c(=O)c2c1C. The molecule has 0 unspecified atom stereocenters. The number of thioether (sulfide) groups is 1. The Hall–Kier alpha value is -1.55. The minimum atomic E-state index is -4.46. The van der Waals surface area contributed by atoms with Crippen molar-refractivity contribution >= 4 is 39.2 Å². The summed E-state index contributed by atoms with van der Waals surface area (Å²) in [6.07, 6.45) is -4.46. The highest BCUT2D eigenvalue weighted by Gasteiger charge is 2.27. The van der Waals surface area contributed by atoms with E-state index in [9.17, 15) is 22.8 Å². The summed E-state index contributed by atoms with van der Waals surface area (Å²) in [5.41, 5.74) is 0.711. The smallest absolute Gasteiger partial charge is 0.346 e. The van der Waals surface area contributed by atoms with Gasteiger partial charge in [-0.2, -0.15) is 13.2 Å². The summed E-state index contributed by atoms with van der Waals surface area (Å²) in [6, 6.07) is 0. The normalized spacial score (nSPS) is 12.2. The molecule has 0 spiro atoms. The molecule has 2 aromatic rings. The molecule has 2 heterocycles. The third-order valence-corrected chi connectivity index (χ3v) is 5.70. The predicted octanol–water partition coefficient (Wildman–Crippen LogP) is 3.50. The molecule has 1 N–H and O–H groups in total. The number of amides is 1. The average Bonchev–Trinajstić information content (AvgIpc) is 2.80. The number of nitrogens with zero attached hydrogens (tertiary/aromatic N) is 2. The Labute approximate surface area is 157 Å². The van der Waals surface area contributed by atoms with Gasteiger partial charge in [-0.3, -0.25) is 14.2 Å². The molecule has 2 rings (SSSR count). The second-order valence-electron chi connectivity index (χ2n) is 6.35. The van der Waals surface area contributed by atoms with E-state index in [0.29, 0.717) is 21.9 Å². The second kappa shape index (κ2) is 7.99. The van der Waals surface area contributed by atoms with Crippen molar-refractivity contribution in [1.82, 2.24) is 14.9 Å². The highest BCUT2D eigenvalue weighted by atomic mass is 32.2. The number of nitrogens with one attached hydrogen (secondary N) is 1. The molecule has 10 heteroatoms. The van der Waals surface area contributed by atoms with E-state index in [1.807, 2.05) is 33.0 Å². The van der Waals surface area contributed by atoms with E-state index in [2.05, 4.69) is 4.98 Å². The zero-order valence-corrected chi connectivity index (χ0v) is 16.5. The van der Waals surface area contributed by atoms with Crippen LogP contribution in [0.1, 0.15) is 24.3 Å². The van der Waals surface area contributed by atoms with Crippen LogP contribution in [0.3, 0.4) is 0 Å². The van der Waals surface area contributed by atoms with E-state index < -0.39 is 18.6 Å². The van der Waals surface area contributed by atoms with Crippen molar-refractivity contribution in [2.24, 2.45) is 5.92 Å². The number of aromatic nitrogens is 2. The van der Waals surface area contributed by atoms with E-state index in [1.165, 1.54) is 15.9 Å². The maximum Gasteiger partial charge on any atom is 0.405 e. The number of fused-ring (bicyclic) bond motifs is 1. The summed E-state index contributed by atoms with van der Waals surface area (Å²) in [6.45, 7) is 6.73. The van der Waals surface area contributed by atoms with Gasteiger partial charge < -0.3 is 5.32 Å². The van der Waals surface area contributed by atoms with E-state index in [1.54, 1.807) is 0 Å². The fourth-order valence-electron chi connectivity index (χ4n) is 2.32. The van der Waals surface area contributed by atoms with Crippen molar-refractivity contribution in [2.75, 3.05) is 12.3 Å². The van der Waals surface area contributed by atoms with Gasteiger partial charge in [0.25, 0.3) is 5.56 Å². The largest absolute Gasteiger partial charge is 0.405 e. The second-order valence-corrected chi connectivity index (χ2v) is 8.49. The standard InChI is InChI=1S/C16H20F3N3O2S2/c1-8(2)5-22-14(24)12-9(3)10(4)26-13(12)21-15(22)25-6-11(23)20-7-16(17,18)19/h8H,5-7H2,1-4H3,(H,20,23). The van der Waals surface area contributed by atoms with Crippen molar-refractivity contribution in [3.05, 3.63) is 20.8 Å². The minimum Gasteiger partial charge on any atom is -0.346 e. The lowest BCUT2D eigenvalue weighted by molar-refractivity contribution is -0.136. The van der Waals surface area contributed by atoms with Crippen molar-refractivity contribution in [3.8, 4) is 0 Å². The van der Waals surface area contributed by atoms with Gasteiger partial charge in [0.15, 0.2) is 5.16 Å². The number of rotatable bonds is 6. The maximum absolute atomic E-state index is 12.9. The van der Waals surface area contributed by atoms with Crippen LogP contribution in [-0.4, -0.2) is 33.9 Å². The van der Waals surface area contributed by atoms with Gasteiger partial charge >= 0.3 is 6.18 Å². The summed E-state index contributed by atoms with van der Waals surface area (Å²) in [7, 11) is 0. The number of halogens is 3. The van der Waals surface area contributed by atoms with Crippen LogP contribution in [0.5, 0.6) is 0 Å². The monoisotopic (exact) mass is 407 g/mol. The zero-order chi connectivity index (χ0) is 19.6. The van der Waals surface area contributed by atoms with Crippen LogP contribution in [0.25, 0.3) is 10.2 Å². The number of hydrogen-bond acceptors (Lipinski definition) is 5. The first-order valence-corrected chi connectivity index (χ1v) is 9.76. The molecule has 0 atom stereocenters. The highest BCUT2D eigenvalue weighted by Crippen LogP contribution is 2.28. The Morgan fingerprint density at radius 1 is 1.35 bits per heavy atom. The summed E-state index contributed by atoms with van der Waals surface area (Å²) in [5.74, 6) is -0.822. The van der Waals surface area contributed by atoms with Gasteiger partial charge in [0.1, 0.15) is 11.4 Å². The van der Waals surface area contributed by atoms with Gasteiger partial charge in [0, 0.05) is 11.4 Å². The summed E-state index contributed by atoms with van der Waals surface area (Å²) >= 11 is 2.37. The first-order chi connectivity index (χ1) is 12.0. The van der Waals surface area contributed by atoms with E-state index in [0.717, 1.165) is 22.2 Å². The van der Waals surface area contributed by atoms with Crippen LogP contribution in [-0.2, 0) is 11.3 Å². The first kappa shape index (κ1) is 20.8. The van der Waals surface area contributed by atoms with Crippen molar-refractivity contribution < 1.29 is 18.0 Å². The van der Waals surface area contributed by atoms with Gasteiger partial charge in [0.2, 0.25) is 5.91 Å². The topological polar surface area (TPSA) is 64.0 Å². The fraction of sp³-hybridized carbons (Fsp3) is 0.562. The zero-order valence-electron chi connectivity index (χ0n) is 14.9. The molecule has 0 bridgehead atoms. The molecule has 144 valence electrons. The molecule has 0 aliphatic heterocycles. The first-order valence-electron chi connectivity index (χ1n) is 7.96. The molecule has 2 aromatic heterocycles. The van der Waals surface area contributed by atoms with Gasteiger partial charge in [-0.25, -0.2) is 4.98 Å². The number of carbonyl (C=O) groups is 1. The summed E-state index contributed by atoms with van der Waals surface area (Å²) < 4.78 is 38.0. The molecule has 0 saturated heterocycles. The van der Waals surface area contributed by atoms with Crippen LogP contribution in [0.2, 0.25) is 0 Å². The highest BCUT2D eigenvalue weighted by molar-refractivity contribution is 7.99. The molecule has 0 radical (unpaired) electrons. The van der Waals surface area contributed by atoms with Crippen LogP contribution >= 0.6 is 23.1 Å². The van der Waals surface area contributed by atoms with E-state index in [4.69, 9.17) is 0 Å². The number of alkyl halides is 3. The lowest BCUT2D eigenvalue weighted by Crippen LogP contribution is -2.35. The molecular weight excluding hydrogens is 387 g/mol. The third-order valence-electron chi connectivity index (χ3n) is 3.62. The van der Waals surface area contributed by atoms with E-state index >= 15 is 0 Å². The minimum absolute atomic E-state index is 0.172. The van der Waals surface area contributed by atoms with Crippen LogP contribution in [0, 0.1) is 19.8 Å². The Morgan fingerprint density at radius 3 is 2.58 bits per heavy atom. The Balaban J connectivity index is 2.30. The van der Waals surface area contributed by atoms with Crippen LogP contribution < -0.4 is 10.9 Å². The average molecular weight is 407 g/mol. The van der Waals surface area contributed by atoms with Crippen LogP contribution in [0.4, 0.5) is 13.2 Å². The van der Waals surface area contributed by atoms with Gasteiger partial charge in [-0.15, -0.1) is 11.3 Å². The third kappa shape index (κ3) is 5.00. The fourth-order valence-corrected chi connectivity index (χ4v) is 4.23. The number of thiophene rings is 1. The number of aryl methyl sites for hydroxylation is 2. The molecule has 0 fully saturated rings. The molecule has 26 heavy (non-hydrogen) atoms. The van der Waals surface area contributed by atoms with E-state index in [-0.39, 0.29) is 17.2 Å². The molecule has 0 aliphatic carbocycles. The molecule has 0 aliphatic rings. The molecule has 5 nitrogen and oxygen atoms in total. The Kier molecular flexibility index (Phi) is 6.38. The lowest BCUT2D eigenvalue weighted by Gasteiger charge is -2.14. The lowest BCUT2D eigenvalue weighted by atomic mass is 10.2. The van der Waals surface area contributed by atoms with Gasteiger partial charge in [0.05, 0.1) is 11.1 Å². The summed E-state index contributed by atoms with van der Waals surface area (Å²) in [4.78, 5) is 30.6. The molecule has 0 aromatic carbocycles. The Morgan fingerprint density at radius 2 is 2.00 bits per heavy atom. The maximum atomic E-state index is 12.9. The predicted molar refractivity (Wildman–Crippen MR) is 98.0 cm³/mol. The van der Waals surface area contributed by atoms with Gasteiger partial charge in [-0.1, -0.05) is 25.6 Å². The van der Waals surface area contributed by atoms with Gasteiger partial charge in [-0.05, 0) is 25.3 Å².